The molecule has 0 aliphatic carbocycles. The van der Waals surface area contributed by atoms with Crippen LogP contribution in [0.5, 0.6) is 5.75 Å². The van der Waals surface area contributed by atoms with Crippen molar-refractivity contribution in [3.63, 3.8) is 0 Å². The fourth-order valence-electron chi connectivity index (χ4n) is 3.26. The first-order valence-corrected chi connectivity index (χ1v) is 8.90. The van der Waals surface area contributed by atoms with Crippen LogP contribution in [0, 0.1) is 0 Å². The highest BCUT2D eigenvalue weighted by molar-refractivity contribution is 8.00. The van der Waals surface area contributed by atoms with E-state index < -0.39 is 0 Å². The van der Waals surface area contributed by atoms with Gasteiger partial charge in [-0.25, -0.2) is 0 Å². The molecule has 0 N–H and O–H groups in total. The van der Waals surface area contributed by atoms with E-state index in [0.717, 1.165) is 18.8 Å². The molecule has 4 rings (SSSR count). The first kappa shape index (κ1) is 14.6. The molecule has 4 heteroatoms. The summed E-state index contributed by atoms with van der Waals surface area (Å²) in [5.74, 6) is 2.18. The van der Waals surface area contributed by atoms with Crippen molar-refractivity contribution in [3.05, 3.63) is 60.2 Å². The van der Waals surface area contributed by atoms with Crippen LogP contribution >= 0.6 is 11.8 Å². The van der Waals surface area contributed by atoms with E-state index in [4.69, 9.17) is 9.73 Å². The smallest absolute Gasteiger partial charge is 0.118 e. The van der Waals surface area contributed by atoms with E-state index in [9.17, 15) is 0 Å². The molecule has 118 valence electrons. The number of thioether (sulfide) groups is 1. The number of nitrogens with zero attached hydrogens (tertiary/aromatic N) is 2. The number of benzene rings is 2. The van der Waals surface area contributed by atoms with Gasteiger partial charge in [0.15, 0.2) is 0 Å². The topological polar surface area (TPSA) is 24.8 Å². The minimum Gasteiger partial charge on any atom is -0.497 e. The highest BCUT2D eigenvalue weighted by Gasteiger charge is 2.36. The van der Waals surface area contributed by atoms with Gasteiger partial charge in [0.05, 0.1) is 18.4 Å². The van der Waals surface area contributed by atoms with Gasteiger partial charge in [-0.3, -0.25) is 4.99 Å². The van der Waals surface area contributed by atoms with Crippen molar-refractivity contribution in [3.8, 4) is 5.75 Å². The lowest BCUT2D eigenvalue weighted by atomic mass is 10.1. The molecule has 2 aromatic rings. The van der Waals surface area contributed by atoms with Gasteiger partial charge in [-0.1, -0.05) is 30.3 Å². The van der Waals surface area contributed by atoms with E-state index >= 15 is 0 Å². The lowest BCUT2D eigenvalue weighted by Gasteiger charge is -2.14. The zero-order valence-electron chi connectivity index (χ0n) is 13.2. The molecule has 3 nitrogen and oxygen atoms in total. The van der Waals surface area contributed by atoms with E-state index in [0.29, 0.717) is 5.25 Å². The lowest BCUT2D eigenvalue weighted by Crippen LogP contribution is -2.24. The van der Waals surface area contributed by atoms with Crippen LogP contribution < -0.4 is 4.74 Å². The highest BCUT2D eigenvalue weighted by Crippen LogP contribution is 2.37. The molecular weight excluding hydrogens is 304 g/mol. The van der Waals surface area contributed by atoms with Gasteiger partial charge >= 0.3 is 0 Å². The summed E-state index contributed by atoms with van der Waals surface area (Å²) in [6, 6.07) is 19.2. The third kappa shape index (κ3) is 2.95. The van der Waals surface area contributed by atoms with Gasteiger partial charge in [0.2, 0.25) is 0 Å². The fourth-order valence-corrected chi connectivity index (χ4v) is 4.44. The van der Waals surface area contributed by atoms with Gasteiger partial charge in [-0.2, -0.15) is 0 Å². The third-order valence-electron chi connectivity index (χ3n) is 4.48. The molecule has 2 atom stereocenters. The van der Waals surface area contributed by atoms with Crippen molar-refractivity contribution < 1.29 is 4.74 Å². The van der Waals surface area contributed by atoms with Crippen LogP contribution in [0.15, 0.2) is 64.5 Å². The van der Waals surface area contributed by atoms with Gasteiger partial charge < -0.3 is 9.64 Å². The van der Waals surface area contributed by atoms with E-state index in [-0.39, 0.29) is 6.04 Å². The summed E-state index contributed by atoms with van der Waals surface area (Å²) in [5.41, 5.74) is 1.27. The second-order valence-electron chi connectivity index (χ2n) is 5.93. The van der Waals surface area contributed by atoms with Gasteiger partial charge in [0, 0.05) is 18.0 Å². The van der Waals surface area contributed by atoms with Crippen LogP contribution in [0.3, 0.4) is 0 Å². The van der Waals surface area contributed by atoms with E-state index in [1.54, 1.807) is 7.11 Å². The van der Waals surface area contributed by atoms with Gasteiger partial charge in [0.1, 0.15) is 11.6 Å². The third-order valence-corrected chi connectivity index (χ3v) is 5.75. The molecule has 0 spiro atoms. The van der Waals surface area contributed by atoms with Crippen LogP contribution in [-0.2, 0) is 0 Å². The standard InChI is InChI=1S/C19H20N2OS/c1-22-15-9-7-14(8-10-15)17-13-21-12-11-18(19(21)20-17)23-16-5-3-2-4-6-16/h2-10,17-18H,11-13H2,1H3. The van der Waals surface area contributed by atoms with Crippen LogP contribution in [0.4, 0.5) is 0 Å². The van der Waals surface area contributed by atoms with Crippen LogP contribution in [0.1, 0.15) is 18.0 Å². The second kappa shape index (κ2) is 6.28. The summed E-state index contributed by atoms with van der Waals surface area (Å²) in [6.07, 6.45) is 1.19. The molecule has 1 saturated heterocycles. The van der Waals surface area contributed by atoms with Gasteiger partial charge in [0.25, 0.3) is 0 Å². The summed E-state index contributed by atoms with van der Waals surface area (Å²) in [6.45, 7) is 2.13. The Kier molecular flexibility index (Phi) is 4.00. The monoisotopic (exact) mass is 324 g/mol. The zero-order valence-corrected chi connectivity index (χ0v) is 14.0. The van der Waals surface area contributed by atoms with Crippen molar-refractivity contribution in [2.75, 3.05) is 20.2 Å². The number of rotatable bonds is 4. The average Bonchev–Trinajstić information content (AvgIpc) is 3.18. The summed E-state index contributed by atoms with van der Waals surface area (Å²) < 4.78 is 5.24. The molecule has 1 fully saturated rings. The normalized spacial score (nSPS) is 22.8. The first-order valence-electron chi connectivity index (χ1n) is 8.02. The van der Waals surface area contributed by atoms with Crippen molar-refractivity contribution >= 4 is 17.6 Å². The molecule has 0 radical (unpaired) electrons. The molecular formula is C19H20N2OS. The molecule has 2 heterocycles. The quantitative estimate of drug-likeness (QED) is 0.849. The summed E-state index contributed by atoms with van der Waals surface area (Å²) in [7, 11) is 1.70. The van der Waals surface area contributed by atoms with E-state index in [2.05, 4.69) is 47.4 Å². The molecule has 0 bridgehead atoms. The molecule has 0 saturated carbocycles. The highest BCUT2D eigenvalue weighted by atomic mass is 32.2. The number of hydrogen-bond acceptors (Lipinski definition) is 4. The first-order chi connectivity index (χ1) is 11.3. The van der Waals surface area contributed by atoms with Crippen molar-refractivity contribution in [2.24, 2.45) is 4.99 Å². The van der Waals surface area contributed by atoms with Gasteiger partial charge in [-0.15, -0.1) is 11.8 Å². The number of aliphatic imine (C=N–C) groups is 1. The minimum atomic E-state index is 0.259. The Morgan fingerprint density at radius 3 is 2.61 bits per heavy atom. The van der Waals surface area contributed by atoms with E-state index in [1.165, 1.54) is 22.7 Å². The zero-order chi connectivity index (χ0) is 15.6. The second-order valence-corrected chi connectivity index (χ2v) is 7.21. The SMILES string of the molecule is COc1ccc(C2CN3CCC(Sc4ccccc4)C3=N2)cc1. The number of amidine groups is 1. The predicted molar refractivity (Wildman–Crippen MR) is 95.4 cm³/mol. The molecule has 0 amide bonds. The van der Waals surface area contributed by atoms with Crippen LogP contribution in [-0.4, -0.2) is 36.2 Å². The largest absolute Gasteiger partial charge is 0.497 e. The molecule has 2 aliphatic heterocycles. The lowest BCUT2D eigenvalue weighted by molar-refractivity contribution is 0.414. The van der Waals surface area contributed by atoms with Crippen molar-refractivity contribution in [1.82, 2.24) is 4.90 Å². The van der Waals surface area contributed by atoms with Crippen molar-refractivity contribution in [2.45, 2.75) is 22.6 Å². The molecule has 2 aliphatic rings. The van der Waals surface area contributed by atoms with Gasteiger partial charge in [-0.05, 0) is 36.2 Å². The van der Waals surface area contributed by atoms with Crippen LogP contribution in [0.2, 0.25) is 0 Å². The Hall–Kier alpha value is -1.94. The maximum atomic E-state index is 5.24. The Balaban J connectivity index is 1.51. The Morgan fingerprint density at radius 2 is 1.87 bits per heavy atom. The number of hydrogen-bond donors (Lipinski definition) is 0. The predicted octanol–water partition coefficient (Wildman–Crippen LogP) is 4.02. The minimum absolute atomic E-state index is 0.259. The Bertz CT molecular complexity index is 699. The summed E-state index contributed by atoms with van der Waals surface area (Å²) in [5, 5.41) is 0.487. The Labute approximate surface area is 141 Å². The fraction of sp³-hybridized carbons (Fsp3) is 0.316. The molecule has 0 aromatic heterocycles. The molecule has 23 heavy (non-hydrogen) atoms. The maximum Gasteiger partial charge on any atom is 0.118 e. The average molecular weight is 324 g/mol. The van der Waals surface area contributed by atoms with Crippen molar-refractivity contribution in [1.29, 1.82) is 0 Å². The number of ether oxygens (including phenoxy) is 1. The number of methoxy groups -OCH3 is 1. The van der Waals surface area contributed by atoms with Crippen LogP contribution in [0.25, 0.3) is 0 Å². The van der Waals surface area contributed by atoms with E-state index in [1.807, 2.05) is 23.9 Å². The summed E-state index contributed by atoms with van der Waals surface area (Å²) >= 11 is 1.94. The number of fused-ring (bicyclic) bond motifs is 1. The summed E-state index contributed by atoms with van der Waals surface area (Å²) in [4.78, 5) is 8.82. The molecule has 2 unspecified atom stereocenters. The molecule has 2 aromatic carbocycles. The maximum absolute atomic E-state index is 5.24. The Morgan fingerprint density at radius 1 is 1.09 bits per heavy atom.